The number of allylic oxidation sites excluding steroid dienone is 8. The van der Waals surface area contributed by atoms with Crippen LogP contribution in [0.2, 0.25) is 0 Å². The van der Waals surface area contributed by atoms with E-state index in [-0.39, 0.29) is 24.9 Å². The highest BCUT2D eigenvalue weighted by Crippen LogP contribution is 2.17. The number of esters is 1. The third-order valence-electron chi connectivity index (χ3n) is 11.0. The molecule has 3 N–H and O–H groups in total. The first-order valence-corrected chi connectivity index (χ1v) is 24.4. The van der Waals surface area contributed by atoms with Crippen LogP contribution in [0.1, 0.15) is 239 Å². The van der Waals surface area contributed by atoms with Gasteiger partial charge < -0.3 is 20.3 Å². The van der Waals surface area contributed by atoms with Gasteiger partial charge in [0.25, 0.3) is 0 Å². The molecule has 3 atom stereocenters. The Morgan fingerprint density at radius 1 is 0.509 bits per heavy atom. The first-order valence-electron chi connectivity index (χ1n) is 24.4. The highest BCUT2D eigenvalue weighted by atomic mass is 16.5. The first kappa shape index (κ1) is 54.8. The van der Waals surface area contributed by atoms with Crippen molar-refractivity contribution in [3.05, 3.63) is 48.6 Å². The number of rotatable bonds is 43. The molecule has 6 heteroatoms. The average Bonchev–Trinajstić information content (AvgIpc) is 3.20. The minimum atomic E-state index is -0.796. The standard InChI is InChI=1S/C51H93NO5/c1-4-7-10-13-16-19-22-23-24-25-26-29-30-33-36-39-42-47(57-51(56)44-41-38-35-32-28-21-18-15-12-9-6-3)45-50(55)52-48(46-53)49(54)43-40-37-34-31-27-20-17-14-11-8-5-2/h16,19,22-26,29,47-49,53-54H,4-15,17-18,20-21,27-28,30-46H2,1-3H3,(H,52,55)/b19-16+,23-22+,25-24+,29-26+. The smallest absolute Gasteiger partial charge is 0.306 e. The number of aliphatic hydroxyl groups is 2. The number of carbonyl (C=O) groups excluding carboxylic acids is 2. The molecule has 0 saturated carbocycles. The lowest BCUT2D eigenvalue weighted by molar-refractivity contribution is -0.151. The number of amides is 1. The van der Waals surface area contributed by atoms with Gasteiger partial charge in [-0.15, -0.1) is 0 Å². The minimum absolute atomic E-state index is 0.0534. The molecule has 57 heavy (non-hydrogen) atoms. The molecule has 3 unspecified atom stereocenters. The van der Waals surface area contributed by atoms with Gasteiger partial charge in [-0.2, -0.15) is 0 Å². The number of aliphatic hydroxyl groups excluding tert-OH is 2. The Morgan fingerprint density at radius 2 is 0.895 bits per heavy atom. The molecule has 0 aromatic carbocycles. The second kappa shape index (κ2) is 44.9. The van der Waals surface area contributed by atoms with E-state index in [1.54, 1.807) is 0 Å². The fraction of sp³-hybridized carbons (Fsp3) is 0.804. The Morgan fingerprint density at radius 3 is 1.39 bits per heavy atom. The Labute approximate surface area is 353 Å². The summed E-state index contributed by atoms with van der Waals surface area (Å²) < 4.78 is 5.90. The summed E-state index contributed by atoms with van der Waals surface area (Å²) in [5.74, 6) is -0.509. The molecule has 0 spiro atoms. The second-order valence-corrected chi connectivity index (χ2v) is 16.6. The number of hydrogen-bond donors (Lipinski definition) is 3. The number of nitrogens with one attached hydrogen (secondary N) is 1. The summed E-state index contributed by atoms with van der Waals surface area (Å²) in [5.41, 5.74) is 0. The normalized spacial score (nSPS) is 13.7. The number of carbonyl (C=O) groups is 2. The van der Waals surface area contributed by atoms with Gasteiger partial charge in [0.05, 0.1) is 25.2 Å². The van der Waals surface area contributed by atoms with Gasteiger partial charge in [0.15, 0.2) is 0 Å². The molecule has 1 amide bonds. The summed E-state index contributed by atoms with van der Waals surface area (Å²) in [6.07, 6.45) is 53.0. The molecule has 0 saturated heterocycles. The van der Waals surface area contributed by atoms with Crippen molar-refractivity contribution in [2.75, 3.05) is 6.61 Å². The van der Waals surface area contributed by atoms with Gasteiger partial charge >= 0.3 is 5.97 Å². The number of unbranched alkanes of at least 4 members (excludes halogenated alkanes) is 26. The maximum atomic E-state index is 13.2. The van der Waals surface area contributed by atoms with Crippen LogP contribution in [0.25, 0.3) is 0 Å². The molecule has 0 aliphatic carbocycles. The highest BCUT2D eigenvalue weighted by molar-refractivity contribution is 5.77. The van der Waals surface area contributed by atoms with Gasteiger partial charge in [-0.25, -0.2) is 0 Å². The van der Waals surface area contributed by atoms with E-state index in [0.29, 0.717) is 19.3 Å². The molecule has 0 heterocycles. The van der Waals surface area contributed by atoms with Gasteiger partial charge in [0.2, 0.25) is 5.91 Å². The van der Waals surface area contributed by atoms with Gasteiger partial charge in [-0.3, -0.25) is 9.59 Å². The van der Waals surface area contributed by atoms with Crippen LogP contribution in [-0.4, -0.2) is 46.9 Å². The van der Waals surface area contributed by atoms with Crippen molar-refractivity contribution in [2.24, 2.45) is 0 Å². The molecule has 0 rings (SSSR count). The molecular formula is C51H93NO5. The van der Waals surface area contributed by atoms with E-state index < -0.39 is 18.2 Å². The van der Waals surface area contributed by atoms with Crippen molar-refractivity contribution in [2.45, 2.75) is 257 Å². The molecular weight excluding hydrogens is 707 g/mol. The van der Waals surface area contributed by atoms with Gasteiger partial charge in [-0.05, 0) is 51.4 Å². The van der Waals surface area contributed by atoms with Crippen LogP contribution in [0.4, 0.5) is 0 Å². The van der Waals surface area contributed by atoms with Crippen LogP contribution in [-0.2, 0) is 14.3 Å². The summed E-state index contributed by atoms with van der Waals surface area (Å²) in [4.78, 5) is 26.0. The SMILES string of the molecule is CCCCC/C=C/C=C/C=C/C=C/CCCCCC(CC(=O)NC(CO)C(O)CCCCCCCCCCCCC)OC(=O)CCCCCCCCCCCCC. The molecule has 0 bridgehead atoms. The molecule has 0 fully saturated rings. The Balaban J connectivity index is 4.69. The van der Waals surface area contributed by atoms with Crippen LogP contribution in [0.3, 0.4) is 0 Å². The third-order valence-corrected chi connectivity index (χ3v) is 11.0. The molecule has 0 radical (unpaired) electrons. The first-order chi connectivity index (χ1) is 28.0. The number of ether oxygens (including phenoxy) is 1. The zero-order valence-corrected chi connectivity index (χ0v) is 37.7. The van der Waals surface area contributed by atoms with Crippen molar-refractivity contribution < 1.29 is 24.5 Å². The monoisotopic (exact) mass is 800 g/mol. The van der Waals surface area contributed by atoms with E-state index in [9.17, 15) is 19.8 Å². The van der Waals surface area contributed by atoms with Gasteiger partial charge in [0, 0.05) is 6.42 Å². The highest BCUT2D eigenvalue weighted by Gasteiger charge is 2.24. The molecule has 6 nitrogen and oxygen atoms in total. The minimum Gasteiger partial charge on any atom is -0.462 e. The third kappa shape index (κ3) is 40.4. The van der Waals surface area contributed by atoms with Crippen LogP contribution in [0.15, 0.2) is 48.6 Å². The van der Waals surface area contributed by atoms with Crippen molar-refractivity contribution in [3.8, 4) is 0 Å². The summed E-state index contributed by atoms with van der Waals surface area (Å²) in [6, 6.07) is -0.711. The Hall–Kier alpha value is -2.18. The van der Waals surface area contributed by atoms with Crippen LogP contribution in [0.5, 0.6) is 0 Å². The predicted octanol–water partition coefficient (Wildman–Crippen LogP) is 14.3. The Kier molecular flexibility index (Phi) is 43.2. The second-order valence-electron chi connectivity index (χ2n) is 16.6. The lowest BCUT2D eigenvalue weighted by atomic mass is 10.0. The van der Waals surface area contributed by atoms with Crippen LogP contribution < -0.4 is 5.32 Å². The maximum Gasteiger partial charge on any atom is 0.306 e. The molecule has 0 aliphatic heterocycles. The summed E-state index contributed by atoms with van der Waals surface area (Å²) >= 11 is 0. The van der Waals surface area contributed by atoms with E-state index in [1.165, 1.54) is 122 Å². The van der Waals surface area contributed by atoms with E-state index in [2.05, 4.69) is 68.6 Å². The lowest BCUT2D eigenvalue weighted by Gasteiger charge is -2.24. The lowest BCUT2D eigenvalue weighted by Crippen LogP contribution is -2.46. The zero-order valence-electron chi connectivity index (χ0n) is 37.7. The fourth-order valence-corrected chi connectivity index (χ4v) is 7.27. The maximum absolute atomic E-state index is 13.2. The Bertz CT molecular complexity index is 988. The van der Waals surface area contributed by atoms with Crippen molar-refractivity contribution in [3.63, 3.8) is 0 Å². The van der Waals surface area contributed by atoms with E-state index in [1.807, 2.05) is 6.08 Å². The molecule has 332 valence electrons. The number of hydrogen-bond acceptors (Lipinski definition) is 5. The van der Waals surface area contributed by atoms with Crippen LogP contribution >= 0.6 is 0 Å². The van der Waals surface area contributed by atoms with Gasteiger partial charge in [-0.1, -0.05) is 223 Å². The molecule has 0 aromatic heterocycles. The topological polar surface area (TPSA) is 95.9 Å². The molecule has 0 aliphatic rings. The summed E-state index contributed by atoms with van der Waals surface area (Å²) in [5, 5.41) is 23.7. The zero-order chi connectivity index (χ0) is 41.7. The van der Waals surface area contributed by atoms with E-state index >= 15 is 0 Å². The van der Waals surface area contributed by atoms with Crippen LogP contribution in [0, 0.1) is 0 Å². The summed E-state index contributed by atoms with van der Waals surface area (Å²) in [7, 11) is 0. The van der Waals surface area contributed by atoms with E-state index in [4.69, 9.17) is 4.74 Å². The summed E-state index contributed by atoms with van der Waals surface area (Å²) in [6.45, 7) is 6.42. The van der Waals surface area contributed by atoms with Crippen molar-refractivity contribution in [1.29, 1.82) is 0 Å². The largest absolute Gasteiger partial charge is 0.462 e. The van der Waals surface area contributed by atoms with Crippen molar-refractivity contribution in [1.82, 2.24) is 5.32 Å². The molecule has 0 aromatic rings. The fourth-order valence-electron chi connectivity index (χ4n) is 7.27. The quantitative estimate of drug-likeness (QED) is 0.0324. The van der Waals surface area contributed by atoms with Crippen molar-refractivity contribution >= 4 is 11.9 Å². The average molecular weight is 800 g/mol. The van der Waals surface area contributed by atoms with Gasteiger partial charge in [0.1, 0.15) is 6.10 Å². The predicted molar refractivity (Wildman–Crippen MR) is 245 cm³/mol. The van der Waals surface area contributed by atoms with E-state index in [0.717, 1.165) is 70.6 Å².